The highest BCUT2D eigenvalue weighted by Gasteiger charge is 2.27. The Bertz CT molecular complexity index is 992. The number of alkyl carbamates (subject to hydrolysis) is 1. The number of hydrogen-bond acceptors (Lipinski definition) is 5. The van der Waals surface area contributed by atoms with Crippen LogP contribution < -0.4 is 5.32 Å². The van der Waals surface area contributed by atoms with Crippen LogP contribution in [0.2, 0.25) is 0 Å². The van der Waals surface area contributed by atoms with E-state index in [2.05, 4.69) is 17.4 Å². The molecular weight excluding hydrogens is 398 g/mol. The molecule has 0 heterocycles. The van der Waals surface area contributed by atoms with E-state index in [4.69, 9.17) is 14.6 Å². The Morgan fingerprint density at radius 1 is 1.06 bits per heavy atom. The van der Waals surface area contributed by atoms with Crippen molar-refractivity contribution in [2.24, 2.45) is 0 Å². The molecule has 1 aliphatic carbocycles. The van der Waals surface area contributed by atoms with Crippen molar-refractivity contribution in [3.63, 3.8) is 0 Å². The van der Waals surface area contributed by atoms with Crippen LogP contribution in [-0.2, 0) is 32.1 Å². The lowest BCUT2D eigenvalue weighted by Gasteiger charge is -2.23. The van der Waals surface area contributed by atoms with Crippen LogP contribution in [0.15, 0.2) is 42.5 Å². The maximum absolute atomic E-state index is 12.7. The van der Waals surface area contributed by atoms with Gasteiger partial charge >= 0.3 is 18.0 Å². The summed E-state index contributed by atoms with van der Waals surface area (Å²) in [6.07, 6.45) is -0.411. The summed E-state index contributed by atoms with van der Waals surface area (Å²) in [6, 6.07) is 12.9. The Hall–Kier alpha value is -3.35. The summed E-state index contributed by atoms with van der Waals surface area (Å²) >= 11 is 0. The molecule has 31 heavy (non-hydrogen) atoms. The van der Waals surface area contributed by atoms with Crippen molar-refractivity contribution in [2.75, 3.05) is 0 Å². The van der Waals surface area contributed by atoms with Crippen molar-refractivity contribution in [1.29, 1.82) is 0 Å². The van der Waals surface area contributed by atoms with Gasteiger partial charge in [0.1, 0.15) is 18.2 Å². The number of aliphatic carboxylic acids is 1. The smallest absolute Gasteiger partial charge is 0.408 e. The average molecular weight is 425 g/mol. The van der Waals surface area contributed by atoms with Crippen molar-refractivity contribution >= 4 is 18.0 Å². The molecule has 0 spiro atoms. The number of nitrogens with one attached hydrogen (secondary N) is 1. The number of fused-ring (bicyclic) bond motifs is 3. The van der Waals surface area contributed by atoms with Crippen LogP contribution in [0.25, 0.3) is 11.1 Å². The number of carbonyl (C=O) groups is 3. The number of rotatable bonds is 7. The molecule has 0 radical (unpaired) electrons. The van der Waals surface area contributed by atoms with E-state index in [-0.39, 0.29) is 19.4 Å². The highest BCUT2D eigenvalue weighted by Crippen LogP contribution is 2.38. The number of hydrogen-bond donors (Lipinski definition) is 2. The maximum atomic E-state index is 12.7. The first-order chi connectivity index (χ1) is 14.6. The van der Waals surface area contributed by atoms with E-state index >= 15 is 0 Å². The molecule has 1 atom stereocenters. The fraction of sp³-hybridized carbons (Fsp3) is 0.375. The Morgan fingerprint density at radius 3 is 2.48 bits per heavy atom. The average Bonchev–Trinajstić information content (AvgIpc) is 3.07. The van der Waals surface area contributed by atoms with Gasteiger partial charge in [0.25, 0.3) is 0 Å². The van der Waals surface area contributed by atoms with E-state index in [0.717, 1.165) is 23.1 Å². The molecule has 0 fully saturated rings. The minimum Gasteiger partial charge on any atom is -0.481 e. The maximum Gasteiger partial charge on any atom is 0.408 e. The zero-order valence-electron chi connectivity index (χ0n) is 17.9. The monoisotopic (exact) mass is 425 g/mol. The first-order valence-corrected chi connectivity index (χ1v) is 10.2. The summed E-state index contributed by atoms with van der Waals surface area (Å²) in [5.41, 5.74) is 4.78. The zero-order valence-corrected chi connectivity index (χ0v) is 17.9. The Labute approximate surface area is 181 Å². The minimum atomic E-state index is -1.11. The molecule has 2 aromatic rings. The van der Waals surface area contributed by atoms with Gasteiger partial charge in [0, 0.05) is 6.42 Å². The molecule has 0 aromatic heterocycles. The fourth-order valence-corrected chi connectivity index (χ4v) is 3.57. The van der Waals surface area contributed by atoms with E-state index in [9.17, 15) is 14.4 Å². The number of ether oxygens (including phenoxy) is 2. The topological polar surface area (TPSA) is 102 Å². The molecule has 0 unspecified atom stereocenters. The Kier molecular flexibility index (Phi) is 6.63. The predicted molar refractivity (Wildman–Crippen MR) is 115 cm³/mol. The molecule has 2 aromatic carbocycles. The second-order valence-electron chi connectivity index (χ2n) is 8.52. The molecule has 2 N–H and O–H groups in total. The van der Waals surface area contributed by atoms with Crippen molar-refractivity contribution < 1.29 is 29.0 Å². The first-order valence-electron chi connectivity index (χ1n) is 10.2. The van der Waals surface area contributed by atoms with Crippen molar-refractivity contribution in [2.45, 2.75) is 58.3 Å². The van der Waals surface area contributed by atoms with Crippen LogP contribution in [0.1, 0.15) is 50.3 Å². The van der Waals surface area contributed by atoms with Crippen molar-refractivity contribution in [3.8, 4) is 11.1 Å². The van der Waals surface area contributed by atoms with E-state index in [1.807, 2.05) is 30.3 Å². The zero-order chi connectivity index (χ0) is 22.6. The van der Waals surface area contributed by atoms with Gasteiger partial charge < -0.3 is 19.9 Å². The molecule has 3 rings (SSSR count). The predicted octanol–water partition coefficient (Wildman–Crippen LogP) is 4.06. The lowest BCUT2D eigenvalue weighted by molar-refractivity contribution is -0.148. The molecule has 1 aliphatic rings. The number of amides is 1. The molecule has 0 aliphatic heterocycles. The van der Waals surface area contributed by atoms with E-state index in [1.165, 1.54) is 11.1 Å². The molecular formula is C24H27NO6. The quantitative estimate of drug-likeness (QED) is 0.554. The summed E-state index contributed by atoms with van der Waals surface area (Å²) < 4.78 is 10.7. The largest absolute Gasteiger partial charge is 0.481 e. The van der Waals surface area contributed by atoms with Gasteiger partial charge in [-0.1, -0.05) is 42.5 Å². The molecule has 7 nitrogen and oxygen atoms in total. The molecule has 0 saturated heterocycles. The van der Waals surface area contributed by atoms with E-state index in [0.29, 0.717) is 0 Å². The van der Waals surface area contributed by atoms with Gasteiger partial charge in [-0.2, -0.15) is 0 Å². The number of esters is 1. The van der Waals surface area contributed by atoms with Gasteiger partial charge in [-0.15, -0.1) is 0 Å². The minimum absolute atomic E-state index is 0.0373. The number of carboxylic acid groups (broad SMARTS) is 1. The van der Waals surface area contributed by atoms with Gasteiger partial charge in [0.2, 0.25) is 0 Å². The van der Waals surface area contributed by atoms with Crippen LogP contribution >= 0.6 is 0 Å². The summed E-state index contributed by atoms with van der Waals surface area (Å²) in [5.74, 6) is -1.76. The molecule has 164 valence electrons. The van der Waals surface area contributed by atoms with Gasteiger partial charge in [-0.05, 0) is 61.4 Å². The Balaban J connectivity index is 1.68. The fourth-order valence-electron chi connectivity index (χ4n) is 3.57. The van der Waals surface area contributed by atoms with Gasteiger partial charge in [-0.3, -0.25) is 4.79 Å². The third kappa shape index (κ3) is 5.84. The van der Waals surface area contributed by atoms with Gasteiger partial charge in [-0.25, -0.2) is 9.59 Å². The lowest BCUT2D eigenvalue weighted by Crippen LogP contribution is -2.44. The van der Waals surface area contributed by atoms with Gasteiger partial charge in [0.05, 0.1) is 0 Å². The van der Waals surface area contributed by atoms with Crippen LogP contribution in [0.3, 0.4) is 0 Å². The SMILES string of the molecule is CC(C)(C)OC(=O)N[C@H](CCC(=O)O)C(=O)OCc1cccc2c1Cc1ccccc1-2. The van der Waals surface area contributed by atoms with Crippen LogP contribution in [-0.4, -0.2) is 34.8 Å². The number of carboxylic acids is 1. The first kappa shape index (κ1) is 22.3. The second kappa shape index (κ2) is 9.20. The highest BCUT2D eigenvalue weighted by atomic mass is 16.6. The van der Waals surface area contributed by atoms with E-state index in [1.54, 1.807) is 20.8 Å². The molecule has 0 bridgehead atoms. The molecule has 7 heteroatoms. The van der Waals surface area contributed by atoms with Gasteiger partial charge in [0.15, 0.2) is 0 Å². The normalized spacial score (nSPS) is 13.0. The number of carbonyl (C=O) groups excluding carboxylic acids is 2. The van der Waals surface area contributed by atoms with Crippen molar-refractivity contribution in [3.05, 3.63) is 59.2 Å². The van der Waals surface area contributed by atoms with Crippen LogP contribution in [0.4, 0.5) is 4.79 Å². The third-order valence-electron chi connectivity index (χ3n) is 4.94. The Morgan fingerprint density at radius 2 is 1.77 bits per heavy atom. The summed E-state index contributed by atoms with van der Waals surface area (Å²) in [4.78, 5) is 35.7. The number of benzene rings is 2. The highest BCUT2D eigenvalue weighted by molar-refractivity contribution is 5.82. The summed E-state index contributed by atoms with van der Waals surface area (Å²) in [7, 11) is 0. The summed E-state index contributed by atoms with van der Waals surface area (Å²) in [6.45, 7) is 5.14. The van der Waals surface area contributed by atoms with Crippen molar-refractivity contribution in [1.82, 2.24) is 5.32 Å². The van der Waals surface area contributed by atoms with Crippen LogP contribution in [0.5, 0.6) is 0 Å². The van der Waals surface area contributed by atoms with Crippen LogP contribution in [0, 0.1) is 0 Å². The lowest BCUT2D eigenvalue weighted by atomic mass is 10.0. The summed E-state index contributed by atoms with van der Waals surface area (Å²) in [5, 5.41) is 11.4. The standard InChI is InChI=1S/C24H27NO6/c1-24(2,3)31-23(29)25-20(11-12-21(26)27)22(28)30-14-16-8-6-10-18-17-9-5-4-7-15(17)13-19(16)18/h4-10,20H,11-14H2,1-3H3,(H,25,29)(H,26,27)/t20-/m1/s1. The molecule has 1 amide bonds. The van der Waals surface area contributed by atoms with E-state index < -0.39 is 29.7 Å². The molecule has 0 saturated carbocycles. The second-order valence-corrected chi connectivity index (χ2v) is 8.52. The third-order valence-corrected chi connectivity index (χ3v) is 4.94.